The van der Waals surface area contributed by atoms with Crippen LogP contribution in [0, 0.1) is 0 Å². The minimum Gasteiger partial charge on any atom is -0.545 e. The van der Waals surface area contributed by atoms with E-state index in [1.807, 2.05) is 0 Å². The number of esters is 1. The Labute approximate surface area is 170 Å². The zero-order chi connectivity index (χ0) is 21.1. The van der Waals surface area contributed by atoms with Crippen LogP contribution in [0.3, 0.4) is 0 Å². The van der Waals surface area contributed by atoms with Gasteiger partial charge in [0.2, 0.25) is 0 Å². The maximum atomic E-state index is 12.6. The summed E-state index contributed by atoms with van der Waals surface area (Å²) in [7, 11) is 0. The lowest BCUT2D eigenvalue weighted by atomic mass is 10.1. The summed E-state index contributed by atoms with van der Waals surface area (Å²) in [6, 6.07) is 8.25. The largest absolute Gasteiger partial charge is 0.545 e. The van der Waals surface area contributed by atoms with Crippen molar-refractivity contribution in [3.05, 3.63) is 52.6 Å². The predicted octanol–water partition coefficient (Wildman–Crippen LogP) is 2.30. The third-order valence-corrected chi connectivity index (χ3v) is 5.03. The molecule has 0 bridgehead atoms. The number of imide groups is 1. The van der Waals surface area contributed by atoms with Gasteiger partial charge >= 0.3 is 5.97 Å². The molecule has 2 heterocycles. The number of carboxylic acids is 1. The van der Waals surface area contributed by atoms with Gasteiger partial charge in [0.1, 0.15) is 17.6 Å². The SMILES string of the molecule is CCOC(=O)[C@H](C)N1C(=O)S/C(=C/c2ccc(-c3ccccc3C(=O)[O-])o2)C1=O. The number of nitrogens with zero attached hydrogens (tertiary/aromatic N) is 1. The van der Waals surface area contributed by atoms with Crippen LogP contribution in [0.25, 0.3) is 17.4 Å². The predicted molar refractivity (Wildman–Crippen MR) is 102 cm³/mol. The number of amides is 2. The Morgan fingerprint density at radius 3 is 2.66 bits per heavy atom. The van der Waals surface area contributed by atoms with E-state index in [0.29, 0.717) is 17.3 Å². The standard InChI is InChI=1S/C20H17NO7S/c1-3-27-19(25)11(2)21-17(22)16(29-20(21)26)10-12-8-9-15(28-12)13-6-4-5-7-14(13)18(23)24/h4-11H,3H2,1-2H3,(H,23,24)/p-1/b16-10+/t11-/m0/s1. The summed E-state index contributed by atoms with van der Waals surface area (Å²) in [4.78, 5) is 48.8. The molecule has 2 amide bonds. The lowest BCUT2D eigenvalue weighted by Gasteiger charge is -2.19. The molecule has 1 aromatic carbocycles. The van der Waals surface area contributed by atoms with Crippen molar-refractivity contribution in [2.75, 3.05) is 6.61 Å². The third kappa shape index (κ3) is 4.09. The van der Waals surface area contributed by atoms with Gasteiger partial charge in [-0.2, -0.15) is 0 Å². The summed E-state index contributed by atoms with van der Waals surface area (Å²) >= 11 is 0.680. The molecular formula is C20H16NO7S-. The van der Waals surface area contributed by atoms with Crippen molar-refractivity contribution < 1.29 is 33.4 Å². The molecule has 0 N–H and O–H groups in total. The fraction of sp³-hybridized carbons (Fsp3) is 0.200. The van der Waals surface area contributed by atoms with Gasteiger partial charge in [0.15, 0.2) is 0 Å². The second-order valence-electron chi connectivity index (χ2n) is 6.01. The van der Waals surface area contributed by atoms with E-state index < -0.39 is 29.1 Å². The van der Waals surface area contributed by atoms with Gasteiger partial charge in [0, 0.05) is 17.2 Å². The molecule has 8 nitrogen and oxygen atoms in total. The van der Waals surface area contributed by atoms with E-state index in [-0.39, 0.29) is 28.6 Å². The molecule has 9 heteroatoms. The molecule has 1 aromatic heterocycles. The average Bonchev–Trinajstić information content (AvgIpc) is 3.26. The molecule has 150 valence electrons. The van der Waals surface area contributed by atoms with Gasteiger partial charge in [0.25, 0.3) is 11.1 Å². The number of benzene rings is 1. The van der Waals surface area contributed by atoms with Crippen LogP contribution in [0.1, 0.15) is 30.0 Å². The van der Waals surface area contributed by atoms with E-state index in [9.17, 15) is 24.3 Å². The number of carboxylic acid groups (broad SMARTS) is 1. The second kappa shape index (κ2) is 8.36. The van der Waals surface area contributed by atoms with Gasteiger partial charge in [0.05, 0.1) is 17.5 Å². The first-order valence-electron chi connectivity index (χ1n) is 8.67. The number of hydrogen-bond donors (Lipinski definition) is 0. The minimum atomic E-state index is -1.34. The number of rotatable bonds is 6. The Bertz CT molecular complexity index is 1020. The van der Waals surface area contributed by atoms with Gasteiger partial charge in [-0.1, -0.05) is 24.3 Å². The smallest absolute Gasteiger partial charge is 0.329 e. The summed E-state index contributed by atoms with van der Waals surface area (Å²) in [6.07, 6.45) is 1.37. The van der Waals surface area contributed by atoms with Gasteiger partial charge in [-0.25, -0.2) is 4.79 Å². The van der Waals surface area contributed by atoms with E-state index in [2.05, 4.69) is 0 Å². The van der Waals surface area contributed by atoms with Crippen molar-refractivity contribution in [1.29, 1.82) is 0 Å². The summed E-state index contributed by atoms with van der Waals surface area (Å²) in [5.74, 6) is -2.12. The van der Waals surface area contributed by atoms with Gasteiger partial charge in [-0.15, -0.1) is 0 Å². The first-order valence-corrected chi connectivity index (χ1v) is 9.49. The number of carbonyl (C=O) groups excluding carboxylic acids is 4. The van der Waals surface area contributed by atoms with Crippen LogP contribution in [0.4, 0.5) is 4.79 Å². The maximum Gasteiger partial charge on any atom is 0.329 e. The molecule has 0 spiro atoms. The summed E-state index contributed by atoms with van der Waals surface area (Å²) < 4.78 is 10.5. The van der Waals surface area contributed by atoms with E-state index in [1.165, 1.54) is 19.1 Å². The maximum absolute atomic E-state index is 12.6. The normalized spacial score (nSPS) is 16.3. The average molecular weight is 414 g/mol. The number of carbonyl (C=O) groups is 4. The molecule has 0 aliphatic carbocycles. The first kappa shape index (κ1) is 20.4. The van der Waals surface area contributed by atoms with Crippen LogP contribution < -0.4 is 5.11 Å². The number of hydrogen-bond acceptors (Lipinski definition) is 8. The number of thioether (sulfide) groups is 1. The lowest BCUT2D eigenvalue weighted by molar-refractivity contribution is -0.255. The van der Waals surface area contributed by atoms with Crippen molar-refractivity contribution in [2.24, 2.45) is 0 Å². The minimum absolute atomic E-state index is 0.0306. The number of ether oxygens (including phenoxy) is 1. The Morgan fingerprint density at radius 1 is 1.24 bits per heavy atom. The Kier molecular flexibility index (Phi) is 5.88. The molecule has 1 atom stereocenters. The van der Waals surface area contributed by atoms with E-state index >= 15 is 0 Å². The molecule has 29 heavy (non-hydrogen) atoms. The van der Waals surface area contributed by atoms with E-state index in [4.69, 9.17) is 9.15 Å². The molecule has 1 aliphatic heterocycles. The monoisotopic (exact) mass is 414 g/mol. The molecule has 3 rings (SSSR count). The molecule has 1 aliphatic rings. The molecular weight excluding hydrogens is 398 g/mol. The van der Waals surface area contributed by atoms with Crippen LogP contribution in [0.2, 0.25) is 0 Å². The highest BCUT2D eigenvalue weighted by molar-refractivity contribution is 8.18. The highest BCUT2D eigenvalue weighted by Gasteiger charge is 2.41. The van der Waals surface area contributed by atoms with Crippen LogP contribution in [-0.2, 0) is 14.3 Å². The summed E-state index contributed by atoms with van der Waals surface area (Å²) in [6.45, 7) is 3.18. The van der Waals surface area contributed by atoms with Crippen molar-refractivity contribution in [1.82, 2.24) is 4.90 Å². The quantitative estimate of drug-likeness (QED) is 0.522. The third-order valence-electron chi connectivity index (χ3n) is 4.15. The van der Waals surface area contributed by atoms with Crippen LogP contribution >= 0.6 is 11.8 Å². The highest BCUT2D eigenvalue weighted by atomic mass is 32.2. The lowest BCUT2D eigenvalue weighted by Crippen LogP contribution is -2.42. The van der Waals surface area contributed by atoms with Crippen molar-refractivity contribution in [3.63, 3.8) is 0 Å². The molecule has 1 fully saturated rings. The van der Waals surface area contributed by atoms with Gasteiger partial charge in [-0.05, 0) is 37.7 Å². The van der Waals surface area contributed by atoms with E-state index in [0.717, 1.165) is 4.90 Å². The van der Waals surface area contributed by atoms with Crippen molar-refractivity contribution >= 4 is 40.9 Å². The van der Waals surface area contributed by atoms with Gasteiger partial charge < -0.3 is 19.1 Å². The summed E-state index contributed by atoms with van der Waals surface area (Å²) in [5, 5.41) is 10.7. The van der Waals surface area contributed by atoms with E-state index in [1.54, 1.807) is 37.3 Å². The Balaban J connectivity index is 1.86. The molecule has 0 radical (unpaired) electrons. The van der Waals surface area contributed by atoms with Crippen LogP contribution in [0.15, 0.2) is 45.7 Å². The zero-order valence-electron chi connectivity index (χ0n) is 15.5. The highest BCUT2D eigenvalue weighted by Crippen LogP contribution is 2.35. The molecule has 0 unspecified atom stereocenters. The van der Waals surface area contributed by atoms with Gasteiger partial charge in [-0.3, -0.25) is 14.5 Å². The van der Waals surface area contributed by atoms with Crippen LogP contribution in [0.5, 0.6) is 0 Å². The molecule has 1 saturated heterocycles. The first-order chi connectivity index (χ1) is 13.8. The molecule has 2 aromatic rings. The van der Waals surface area contributed by atoms with Crippen molar-refractivity contribution in [3.8, 4) is 11.3 Å². The topological polar surface area (TPSA) is 117 Å². The number of furan rings is 1. The Hall–Kier alpha value is -3.33. The Morgan fingerprint density at radius 2 is 1.97 bits per heavy atom. The van der Waals surface area contributed by atoms with Crippen LogP contribution in [-0.4, -0.2) is 40.6 Å². The zero-order valence-corrected chi connectivity index (χ0v) is 16.4. The summed E-state index contributed by atoms with van der Waals surface area (Å²) in [5.41, 5.74) is 0.299. The number of aromatic carboxylic acids is 1. The fourth-order valence-electron chi connectivity index (χ4n) is 2.76. The fourth-order valence-corrected chi connectivity index (χ4v) is 3.65. The van der Waals surface area contributed by atoms with Crippen molar-refractivity contribution in [2.45, 2.75) is 19.9 Å². The second-order valence-corrected chi connectivity index (χ2v) is 7.01. The molecule has 0 saturated carbocycles.